The fraction of sp³-hybridized carbons (Fsp3) is 0.448. The Labute approximate surface area is 261 Å². The van der Waals surface area contributed by atoms with Crippen LogP contribution in [0.3, 0.4) is 0 Å². The molecule has 45 heavy (non-hydrogen) atoms. The fourth-order valence-electron chi connectivity index (χ4n) is 4.14. The Morgan fingerprint density at radius 2 is 1.71 bits per heavy atom. The Morgan fingerprint density at radius 3 is 2.36 bits per heavy atom. The maximum Gasteiger partial charge on any atom is 0.408 e. The van der Waals surface area contributed by atoms with Crippen LogP contribution >= 0.6 is 0 Å². The minimum absolute atomic E-state index is 0.0178. The van der Waals surface area contributed by atoms with Gasteiger partial charge in [0, 0.05) is 12.6 Å². The Morgan fingerprint density at radius 1 is 1.04 bits per heavy atom. The number of hydrogen-bond acceptors (Lipinski definition) is 10. The summed E-state index contributed by atoms with van der Waals surface area (Å²) in [6.07, 6.45) is 4.17. The molecule has 3 rings (SSSR count). The van der Waals surface area contributed by atoms with Gasteiger partial charge in [0.1, 0.15) is 30.1 Å². The number of benzene rings is 1. The van der Waals surface area contributed by atoms with Gasteiger partial charge in [0.05, 0.1) is 24.2 Å². The van der Waals surface area contributed by atoms with Crippen LogP contribution in [0.25, 0.3) is 0 Å². The number of esters is 1. The van der Waals surface area contributed by atoms with Gasteiger partial charge in [0.15, 0.2) is 0 Å². The summed E-state index contributed by atoms with van der Waals surface area (Å²) in [6.45, 7) is 6.24. The molecule has 1 aliphatic heterocycles. The van der Waals surface area contributed by atoms with Gasteiger partial charge in [-0.1, -0.05) is 29.8 Å². The summed E-state index contributed by atoms with van der Waals surface area (Å²) in [5, 5.41) is 9.94. The standard InChI is InChI=1S/C29H38N6O9S/c1-18-10-12-20(13-11-18)45(41,42)35-16-19(31-17-35)14-23-25(37)30-15-24(36)32-22(27(39)43-5)9-7-6-8-21(26(38)33-23)34-28(40)44-29(2,3)4/h6-7,10-13,16-17,21-23H,8-9,14-15H2,1-5H3,(H,30,37)(H,32,36)(H,33,38)(H,34,40)/t21-,22-,23-/m0/s1. The highest BCUT2D eigenvalue weighted by Gasteiger charge is 2.30. The van der Waals surface area contributed by atoms with Crippen LogP contribution in [0.2, 0.25) is 0 Å². The molecular formula is C29H38N6O9S. The van der Waals surface area contributed by atoms with Gasteiger partial charge in [-0.3, -0.25) is 14.4 Å². The molecule has 4 N–H and O–H groups in total. The third kappa shape index (κ3) is 10.2. The van der Waals surface area contributed by atoms with Crippen molar-refractivity contribution in [3.8, 4) is 0 Å². The van der Waals surface area contributed by atoms with Crippen LogP contribution in [-0.4, -0.2) is 84.5 Å². The van der Waals surface area contributed by atoms with E-state index in [0.717, 1.165) is 23.0 Å². The maximum absolute atomic E-state index is 13.4. The first-order valence-corrected chi connectivity index (χ1v) is 15.5. The smallest absolute Gasteiger partial charge is 0.408 e. The molecule has 16 heteroatoms. The van der Waals surface area contributed by atoms with Crippen LogP contribution in [0.1, 0.15) is 44.9 Å². The second-order valence-corrected chi connectivity index (χ2v) is 13.1. The van der Waals surface area contributed by atoms with Gasteiger partial charge in [-0.2, -0.15) is 0 Å². The van der Waals surface area contributed by atoms with Crippen LogP contribution < -0.4 is 21.3 Å². The minimum Gasteiger partial charge on any atom is -0.467 e. The number of hydrogen-bond donors (Lipinski definition) is 4. The van der Waals surface area contributed by atoms with Gasteiger partial charge >= 0.3 is 12.1 Å². The van der Waals surface area contributed by atoms with E-state index in [1.165, 1.54) is 24.4 Å². The SMILES string of the molecule is COC(=O)[C@@H]1CC=CC[C@H](NC(=O)OC(C)(C)C)C(=O)N[C@@H](Cc2cn(S(=O)(=O)c3ccc(C)cc3)cn2)C(=O)NCC(=O)N1. The molecular weight excluding hydrogens is 608 g/mol. The average Bonchev–Trinajstić information content (AvgIpc) is 3.44. The largest absolute Gasteiger partial charge is 0.467 e. The van der Waals surface area contributed by atoms with E-state index in [1.807, 2.05) is 6.92 Å². The number of rotatable bonds is 6. The molecule has 0 saturated carbocycles. The average molecular weight is 647 g/mol. The molecule has 1 aliphatic rings. The summed E-state index contributed by atoms with van der Waals surface area (Å²) < 4.78 is 37.1. The van der Waals surface area contributed by atoms with Gasteiger partial charge < -0.3 is 30.7 Å². The number of imidazole rings is 1. The first-order chi connectivity index (χ1) is 21.1. The lowest BCUT2D eigenvalue weighted by molar-refractivity contribution is -0.144. The minimum atomic E-state index is -3.99. The summed E-state index contributed by atoms with van der Waals surface area (Å²) in [4.78, 5) is 68.1. The fourth-order valence-corrected chi connectivity index (χ4v) is 5.30. The van der Waals surface area contributed by atoms with Crippen molar-refractivity contribution in [2.75, 3.05) is 13.7 Å². The van der Waals surface area contributed by atoms with Crippen LogP contribution in [-0.2, 0) is 45.1 Å². The third-order valence-electron chi connectivity index (χ3n) is 6.42. The Hall–Kier alpha value is -4.73. The quantitative estimate of drug-likeness (QED) is 0.252. The van der Waals surface area contributed by atoms with E-state index in [0.29, 0.717) is 0 Å². The number of carbonyl (C=O) groups is 5. The lowest BCUT2D eigenvalue weighted by Crippen LogP contribution is -2.56. The molecule has 1 aromatic carbocycles. The number of amides is 4. The number of nitrogens with one attached hydrogen (secondary N) is 4. The zero-order chi connectivity index (χ0) is 33.4. The zero-order valence-corrected chi connectivity index (χ0v) is 26.5. The number of aromatic nitrogens is 2. The number of aryl methyl sites for hydroxylation is 1. The molecule has 0 bridgehead atoms. The summed E-state index contributed by atoms with van der Waals surface area (Å²) in [5.41, 5.74) is 0.156. The van der Waals surface area contributed by atoms with Crippen LogP contribution in [0.4, 0.5) is 4.79 Å². The predicted octanol–water partition coefficient (Wildman–Crippen LogP) is 0.473. The van der Waals surface area contributed by atoms with Gasteiger partial charge in [0.25, 0.3) is 10.0 Å². The number of ether oxygens (including phenoxy) is 2. The summed E-state index contributed by atoms with van der Waals surface area (Å²) in [7, 11) is -2.83. The van der Waals surface area contributed by atoms with Crippen molar-refractivity contribution in [2.45, 2.75) is 75.6 Å². The molecule has 0 aliphatic carbocycles. The Kier molecular flexibility index (Phi) is 11.5. The molecule has 0 saturated heterocycles. The second-order valence-electron chi connectivity index (χ2n) is 11.3. The van der Waals surface area contributed by atoms with Gasteiger partial charge in [-0.05, 0) is 52.7 Å². The number of carbonyl (C=O) groups excluding carboxylic acids is 5. The topological polar surface area (TPSA) is 204 Å². The van der Waals surface area contributed by atoms with Crippen molar-refractivity contribution in [3.05, 3.63) is 60.2 Å². The van der Waals surface area contributed by atoms with Gasteiger partial charge in [0.2, 0.25) is 17.7 Å². The molecule has 1 aromatic heterocycles. The molecule has 244 valence electrons. The molecule has 2 aromatic rings. The van der Waals surface area contributed by atoms with Crippen LogP contribution in [0, 0.1) is 6.92 Å². The van der Waals surface area contributed by atoms with Crippen LogP contribution in [0.15, 0.2) is 53.8 Å². The lowest BCUT2D eigenvalue weighted by Gasteiger charge is -2.25. The van der Waals surface area contributed by atoms with E-state index >= 15 is 0 Å². The number of methoxy groups -OCH3 is 1. The van der Waals surface area contributed by atoms with Crippen molar-refractivity contribution in [1.29, 1.82) is 0 Å². The van der Waals surface area contributed by atoms with Gasteiger partial charge in [-0.25, -0.2) is 27.0 Å². The monoisotopic (exact) mass is 646 g/mol. The second kappa shape index (κ2) is 14.8. The molecule has 0 radical (unpaired) electrons. The zero-order valence-electron chi connectivity index (χ0n) is 25.7. The van der Waals surface area contributed by atoms with Crippen molar-refractivity contribution >= 4 is 39.8 Å². The maximum atomic E-state index is 13.4. The van der Waals surface area contributed by atoms with E-state index in [-0.39, 0.29) is 29.9 Å². The third-order valence-corrected chi connectivity index (χ3v) is 8.04. The predicted molar refractivity (Wildman–Crippen MR) is 160 cm³/mol. The molecule has 0 spiro atoms. The van der Waals surface area contributed by atoms with Crippen molar-refractivity contribution in [2.24, 2.45) is 0 Å². The number of nitrogens with zero attached hydrogens (tertiary/aromatic N) is 2. The molecule has 2 heterocycles. The van der Waals surface area contributed by atoms with Crippen molar-refractivity contribution in [1.82, 2.24) is 30.2 Å². The van der Waals surface area contributed by atoms with Crippen molar-refractivity contribution in [3.63, 3.8) is 0 Å². The summed E-state index contributed by atoms with van der Waals surface area (Å²) >= 11 is 0. The highest BCUT2D eigenvalue weighted by Crippen LogP contribution is 2.16. The van der Waals surface area contributed by atoms with Crippen molar-refractivity contribution < 1.29 is 41.9 Å². The van der Waals surface area contributed by atoms with E-state index in [9.17, 15) is 32.4 Å². The lowest BCUT2D eigenvalue weighted by atomic mass is 10.1. The Balaban J connectivity index is 1.90. The first kappa shape index (κ1) is 34.8. The highest BCUT2D eigenvalue weighted by atomic mass is 32.2. The first-order valence-electron chi connectivity index (χ1n) is 14.0. The van der Waals surface area contributed by atoms with Gasteiger partial charge in [-0.15, -0.1) is 0 Å². The van der Waals surface area contributed by atoms with E-state index in [1.54, 1.807) is 39.0 Å². The molecule has 0 fully saturated rings. The summed E-state index contributed by atoms with van der Waals surface area (Å²) in [5.74, 6) is -2.97. The molecule has 0 unspecified atom stereocenters. The number of alkyl carbamates (subject to hydrolysis) is 1. The molecule has 4 amide bonds. The van der Waals surface area contributed by atoms with E-state index < -0.39 is 70.1 Å². The van der Waals surface area contributed by atoms with E-state index in [2.05, 4.69) is 26.3 Å². The Bertz CT molecular complexity index is 1540. The molecule has 15 nitrogen and oxygen atoms in total. The highest BCUT2D eigenvalue weighted by molar-refractivity contribution is 7.90. The molecule has 3 atom stereocenters. The normalized spacial score (nSPS) is 20.2. The summed E-state index contributed by atoms with van der Waals surface area (Å²) in [6, 6.07) is 2.59. The van der Waals surface area contributed by atoms with Crippen LogP contribution in [0.5, 0.6) is 0 Å². The van der Waals surface area contributed by atoms with E-state index in [4.69, 9.17) is 9.47 Å².